The molecular weight excluding hydrogens is 296 g/mol. The fourth-order valence-corrected chi connectivity index (χ4v) is 3.52. The van der Waals surface area contributed by atoms with E-state index in [-0.39, 0.29) is 5.75 Å². The van der Waals surface area contributed by atoms with Crippen LogP contribution in [0.3, 0.4) is 0 Å². The number of rotatable bonds is 4. The third kappa shape index (κ3) is 3.09. The van der Waals surface area contributed by atoms with Crippen molar-refractivity contribution in [2.75, 3.05) is 22.9 Å². The molecule has 22 heavy (non-hydrogen) atoms. The van der Waals surface area contributed by atoms with Crippen LogP contribution in [-0.2, 0) is 16.3 Å². The molecule has 2 aromatic rings. The highest BCUT2D eigenvalue weighted by atomic mass is 32.2. The number of aryl methyl sites for hydroxylation is 1. The van der Waals surface area contributed by atoms with E-state index >= 15 is 0 Å². The molecule has 0 amide bonds. The van der Waals surface area contributed by atoms with Gasteiger partial charge in [0, 0.05) is 23.6 Å². The van der Waals surface area contributed by atoms with Crippen LogP contribution in [0.2, 0.25) is 0 Å². The predicted octanol–water partition coefficient (Wildman–Crippen LogP) is 3.58. The highest BCUT2D eigenvalue weighted by molar-refractivity contribution is 7.91. The third-order valence-electron chi connectivity index (χ3n) is 3.93. The SMILES string of the molecule is CCS(=O)(=O)c1ccc(Nc2ccc3c(c2)CCCN3)cc1. The molecule has 0 radical (unpaired) electrons. The van der Waals surface area contributed by atoms with Crippen molar-refractivity contribution in [2.45, 2.75) is 24.7 Å². The molecule has 0 saturated heterocycles. The van der Waals surface area contributed by atoms with Gasteiger partial charge in [-0.25, -0.2) is 8.42 Å². The van der Waals surface area contributed by atoms with Crippen molar-refractivity contribution in [3.8, 4) is 0 Å². The van der Waals surface area contributed by atoms with Crippen molar-refractivity contribution in [1.82, 2.24) is 0 Å². The van der Waals surface area contributed by atoms with Crippen LogP contribution in [0.4, 0.5) is 17.1 Å². The number of benzene rings is 2. The molecule has 3 rings (SSSR count). The Hall–Kier alpha value is -2.01. The molecule has 0 atom stereocenters. The van der Waals surface area contributed by atoms with Gasteiger partial charge in [0.15, 0.2) is 9.84 Å². The minimum Gasteiger partial charge on any atom is -0.385 e. The topological polar surface area (TPSA) is 58.2 Å². The van der Waals surface area contributed by atoms with Crippen LogP contribution in [0.5, 0.6) is 0 Å². The molecular formula is C17H20N2O2S. The zero-order chi connectivity index (χ0) is 15.6. The summed E-state index contributed by atoms with van der Waals surface area (Å²) in [5, 5.41) is 6.72. The van der Waals surface area contributed by atoms with Crippen molar-refractivity contribution < 1.29 is 8.42 Å². The van der Waals surface area contributed by atoms with Gasteiger partial charge in [-0.2, -0.15) is 0 Å². The molecule has 1 aliphatic heterocycles. The van der Waals surface area contributed by atoms with Gasteiger partial charge in [-0.15, -0.1) is 0 Å². The number of hydrogen-bond acceptors (Lipinski definition) is 4. The second-order valence-electron chi connectivity index (χ2n) is 5.46. The third-order valence-corrected chi connectivity index (χ3v) is 5.68. The first-order valence-corrected chi connectivity index (χ1v) is 9.20. The van der Waals surface area contributed by atoms with Crippen molar-refractivity contribution in [3.05, 3.63) is 48.0 Å². The number of anilines is 3. The van der Waals surface area contributed by atoms with Crippen LogP contribution in [-0.4, -0.2) is 20.7 Å². The normalized spacial score (nSPS) is 14.0. The Bertz CT molecular complexity index is 768. The lowest BCUT2D eigenvalue weighted by atomic mass is 10.0. The summed E-state index contributed by atoms with van der Waals surface area (Å²) in [5.74, 6) is 0.123. The van der Waals surface area contributed by atoms with E-state index in [1.54, 1.807) is 31.2 Å². The summed E-state index contributed by atoms with van der Waals surface area (Å²) in [6, 6.07) is 13.2. The average Bonchev–Trinajstić information content (AvgIpc) is 2.55. The Morgan fingerprint density at radius 3 is 2.55 bits per heavy atom. The molecule has 4 nitrogen and oxygen atoms in total. The van der Waals surface area contributed by atoms with Crippen LogP contribution in [0.15, 0.2) is 47.4 Å². The molecule has 5 heteroatoms. The van der Waals surface area contributed by atoms with E-state index in [4.69, 9.17) is 0 Å². The zero-order valence-electron chi connectivity index (χ0n) is 12.6. The molecule has 0 saturated carbocycles. The van der Waals surface area contributed by atoms with E-state index in [9.17, 15) is 8.42 Å². The second-order valence-corrected chi connectivity index (χ2v) is 7.73. The van der Waals surface area contributed by atoms with Gasteiger partial charge in [0.05, 0.1) is 10.6 Å². The summed E-state index contributed by atoms with van der Waals surface area (Å²) in [4.78, 5) is 0.371. The average molecular weight is 316 g/mol. The van der Waals surface area contributed by atoms with Gasteiger partial charge in [0.1, 0.15) is 0 Å². The van der Waals surface area contributed by atoms with Gasteiger partial charge in [-0.3, -0.25) is 0 Å². The van der Waals surface area contributed by atoms with Crippen molar-refractivity contribution >= 4 is 26.9 Å². The minimum absolute atomic E-state index is 0.123. The van der Waals surface area contributed by atoms with E-state index in [1.165, 1.54) is 11.3 Å². The lowest BCUT2D eigenvalue weighted by Crippen LogP contribution is -2.11. The van der Waals surface area contributed by atoms with Crippen LogP contribution < -0.4 is 10.6 Å². The summed E-state index contributed by atoms with van der Waals surface area (Å²) < 4.78 is 23.6. The van der Waals surface area contributed by atoms with Gasteiger partial charge < -0.3 is 10.6 Å². The summed E-state index contributed by atoms with van der Waals surface area (Å²) in [7, 11) is -3.14. The van der Waals surface area contributed by atoms with Gasteiger partial charge in [0.25, 0.3) is 0 Å². The van der Waals surface area contributed by atoms with Gasteiger partial charge in [0.2, 0.25) is 0 Å². The maximum Gasteiger partial charge on any atom is 0.178 e. The monoisotopic (exact) mass is 316 g/mol. The summed E-state index contributed by atoms with van der Waals surface area (Å²) in [6.07, 6.45) is 2.24. The zero-order valence-corrected chi connectivity index (χ0v) is 13.4. The maximum absolute atomic E-state index is 11.8. The highest BCUT2D eigenvalue weighted by Gasteiger charge is 2.11. The molecule has 116 valence electrons. The Labute approximate surface area is 131 Å². The van der Waals surface area contributed by atoms with Crippen molar-refractivity contribution in [2.24, 2.45) is 0 Å². The summed E-state index contributed by atoms with van der Waals surface area (Å²) in [6.45, 7) is 2.69. The predicted molar refractivity (Wildman–Crippen MR) is 90.7 cm³/mol. The smallest absolute Gasteiger partial charge is 0.178 e. The quantitative estimate of drug-likeness (QED) is 0.905. The summed E-state index contributed by atoms with van der Waals surface area (Å²) in [5.41, 5.74) is 4.44. The number of hydrogen-bond donors (Lipinski definition) is 2. The summed E-state index contributed by atoms with van der Waals surface area (Å²) >= 11 is 0. The van der Waals surface area contributed by atoms with E-state index in [0.717, 1.165) is 30.8 Å². The van der Waals surface area contributed by atoms with E-state index in [1.807, 2.05) is 6.07 Å². The van der Waals surface area contributed by atoms with Crippen LogP contribution in [0, 0.1) is 0 Å². The largest absolute Gasteiger partial charge is 0.385 e. The lowest BCUT2D eigenvalue weighted by Gasteiger charge is -2.19. The molecule has 0 aliphatic carbocycles. The lowest BCUT2D eigenvalue weighted by molar-refractivity contribution is 0.597. The van der Waals surface area contributed by atoms with Crippen molar-refractivity contribution in [3.63, 3.8) is 0 Å². The van der Waals surface area contributed by atoms with Gasteiger partial charge in [-0.1, -0.05) is 6.92 Å². The fraction of sp³-hybridized carbons (Fsp3) is 0.294. The molecule has 1 aliphatic rings. The van der Waals surface area contributed by atoms with E-state index < -0.39 is 9.84 Å². The second kappa shape index (κ2) is 6.01. The van der Waals surface area contributed by atoms with Crippen LogP contribution in [0.1, 0.15) is 18.9 Å². The molecule has 0 spiro atoms. The minimum atomic E-state index is -3.14. The number of fused-ring (bicyclic) bond motifs is 1. The van der Waals surface area contributed by atoms with Gasteiger partial charge in [-0.05, 0) is 60.9 Å². The molecule has 0 unspecified atom stereocenters. The standard InChI is InChI=1S/C17H20N2O2S/c1-2-22(20,21)16-8-5-14(6-9-16)19-15-7-10-17-13(12-15)4-3-11-18-17/h5-10,12,18-19H,2-4,11H2,1H3. The number of nitrogens with one attached hydrogen (secondary N) is 2. The Kier molecular flexibility index (Phi) is 4.07. The van der Waals surface area contributed by atoms with E-state index in [2.05, 4.69) is 22.8 Å². The van der Waals surface area contributed by atoms with Crippen LogP contribution >= 0.6 is 0 Å². The highest BCUT2D eigenvalue weighted by Crippen LogP contribution is 2.27. The number of sulfone groups is 1. The molecule has 2 aromatic carbocycles. The Morgan fingerprint density at radius 2 is 1.82 bits per heavy atom. The van der Waals surface area contributed by atoms with Crippen molar-refractivity contribution in [1.29, 1.82) is 0 Å². The molecule has 1 heterocycles. The van der Waals surface area contributed by atoms with E-state index in [0.29, 0.717) is 4.90 Å². The van der Waals surface area contributed by atoms with Gasteiger partial charge >= 0.3 is 0 Å². The molecule has 0 fully saturated rings. The molecule has 0 aromatic heterocycles. The van der Waals surface area contributed by atoms with Crippen LogP contribution in [0.25, 0.3) is 0 Å². The first kappa shape index (κ1) is 14.9. The molecule has 2 N–H and O–H groups in total. The first-order valence-electron chi connectivity index (χ1n) is 7.55. The Balaban J connectivity index is 1.79. The maximum atomic E-state index is 11.8. The molecule has 0 bridgehead atoms. The fourth-order valence-electron chi connectivity index (χ4n) is 2.63. The Morgan fingerprint density at radius 1 is 1.09 bits per heavy atom. The first-order chi connectivity index (χ1) is 10.6.